The van der Waals surface area contributed by atoms with Gasteiger partial charge in [0.05, 0.1) is 0 Å². The Hall–Kier alpha value is -3.16. The van der Waals surface area contributed by atoms with Crippen molar-refractivity contribution in [3.8, 4) is 11.5 Å². The van der Waals surface area contributed by atoms with Crippen molar-refractivity contribution in [1.82, 2.24) is 4.90 Å². The van der Waals surface area contributed by atoms with Crippen LogP contribution in [-0.4, -0.2) is 42.0 Å². The summed E-state index contributed by atoms with van der Waals surface area (Å²) < 4.78 is 34.3. The third-order valence-electron chi connectivity index (χ3n) is 5.30. The molecule has 0 aliphatic carbocycles. The number of halogens is 2. The van der Waals surface area contributed by atoms with E-state index in [4.69, 9.17) is 4.74 Å². The van der Waals surface area contributed by atoms with Crippen molar-refractivity contribution in [2.75, 3.05) is 11.9 Å². The summed E-state index contributed by atoms with van der Waals surface area (Å²) >= 11 is 0. The maximum atomic E-state index is 12.5. The summed E-state index contributed by atoms with van der Waals surface area (Å²) in [5.41, 5.74) is 0.840. The lowest BCUT2D eigenvalue weighted by molar-refractivity contribution is -0.139. The highest BCUT2D eigenvalue weighted by Gasteiger charge is 2.28. The molecule has 6 nitrogen and oxygen atoms in total. The standard InChI is InChI=1S/C23H26F2N2O4/c1-15-4-3-5-16(2)27(15)21(28)14-30-19-10-6-17(7-11-19)22(29)26-18-8-12-20(13-9-18)31-23(24)25/h6-13,15-16,23H,3-5,14H2,1-2H3,(H,26,29). The molecular weight excluding hydrogens is 406 g/mol. The van der Waals surface area contributed by atoms with Crippen LogP contribution in [0.3, 0.4) is 0 Å². The maximum absolute atomic E-state index is 12.5. The van der Waals surface area contributed by atoms with Gasteiger partial charge in [0.15, 0.2) is 6.61 Å². The first kappa shape index (κ1) is 22.5. The number of ether oxygens (including phenoxy) is 2. The van der Waals surface area contributed by atoms with Crippen molar-refractivity contribution in [2.45, 2.75) is 51.8 Å². The summed E-state index contributed by atoms with van der Waals surface area (Å²) in [6.45, 7) is 1.16. The highest BCUT2D eigenvalue weighted by atomic mass is 19.3. The number of hydrogen-bond acceptors (Lipinski definition) is 4. The van der Waals surface area contributed by atoms with Crippen LogP contribution in [0.1, 0.15) is 43.5 Å². The third-order valence-corrected chi connectivity index (χ3v) is 5.30. The molecule has 0 bridgehead atoms. The van der Waals surface area contributed by atoms with Gasteiger partial charge >= 0.3 is 6.61 Å². The van der Waals surface area contributed by atoms with Gasteiger partial charge in [0.2, 0.25) is 0 Å². The van der Waals surface area contributed by atoms with Gasteiger partial charge in [0, 0.05) is 23.3 Å². The van der Waals surface area contributed by atoms with Crippen LogP contribution in [0.25, 0.3) is 0 Å². The second-order valence-electron chi connectivity index (χ2n) is 7.60. The lowest BCUT2D eigenvalue weighted by Crippen LogP contribution is -2.49. The third kappa shape index (κ3) is 6.16. The fourth-order valence-electron chi connectivity index (χ4n) is 3.76. The topological polar surface area (TPSA) is 67.9 Å². The summed E-state index contributed by atoms with van der Waals surface area (Å²) in [4.78, 5) is 26.8. The van der Waals surface area contributed by atoms with E-state index in [0.717, 1.165) is 19.3 Å². The number of nitrogens with one attached hydrogen (secondary N) is 1. The minimum atomic E-state index is -2.90. The zero-order valence-corrected chi connectivity index (χ0v) is 17.5. The van der Waals surface area contributed by atoms with Crippen molar-refractivity contribution >= 4 is 17.5 Å². The average Bonchev–Trinajstić information content (AvgIpc) is 2.73. The second-order valence-corrected chi connectivity index (χ2v) is 7.60. The molecule has 0 saturated carbocycles. The minimum Gasteiger partial charge on any atom is -0.484 e. The average molecular weight is 432 g/mol. The van der Waals surface area contributed by atoms with Crippen LogP contribution in [-0.2, 0) is 4.79 Å². The van der Waals surface area contributed by atoms with Crippen LogP contribution in [0.2, 0.25) is 0 Å². The van der Waals surface area contributed by atoms with E-state index in [-0.39, 0.29) is 36.3 Å². The van der Waals surface area contributed by atoms with Gasteiger partial charge in [0.1, 0.15) is 11.5 Å². The number of carbonyl (C=O) groups is 2. The molecule has 1 N–H and O–H groups in total. The Balaban J connectivity index is 1.52. The molecule has 2 unspecified atom stereocenters. The summed E-state index contributed by atoms with van der Waals surface area (Å²) in [6.07, 6.45) is 3.13. The highest BCUT2D eigenvalue weighted by molar-refractivity contribution is 6.04. The number of piperidine rings is 1. The first-order chi connectivity index (χ1) is 14.8. The number of benzene rings is 2. The number of anilines is 1. The highest BCUT2D eigenvalue weighted by Crippen LogP contribution is 2.23. The Morgan fingerprint density at radius 1 is 1.00 bits per heavy atom. The maximum Gasteiger partial charge on any atom is 0.387 e. The molecule has 0 aromatic heterocycles. The molecule has 2 amide bonds. The normalized spacial score (nSPS) is 18.5. The monoisotopic (exact) mass is 432 g/mol. The fraction of sp³-hybridized carbons (Fsp3) is 0.391. The van der Waals surface area contributed by atoms with Crippen molar-refractivity contribution in [1.29, 1.82) is 0 Å². The molecule has 31 heavy (non-hydrogen) atoms. The smallest absolute Gasteiger partial charge is 0.387 e. The first-order valence-electron chi connectivity index (χ1n) is 10.2. The Bertz CT molecular complexity index is 877. The van der Waals surface area contributed by atoms with Crippen LogP contribution < -0.4 is 14.8 Å². The summed E-state index contributed by atoms with van der Waals surface area (Å²) in [7, 11) is 0. The van der Waals surface area contributed by atoms with Gasteiger partial charge in [0.25, 0.3) is 11.8 Å². The van der Waals surface area contributed by atoms with Gasteiger partial charge in [-0.1, -0.05) is 0 Å². The first-order valence-corrected chi connectivity index (χ1v) is 10.2. The number of carbonyl (C=O) groups excluding carboxylic acids is 2. The number of rotatable bonds is 7. The quantitative estimate of drug-likeness (QED) is 0.688. The molecule has 1 saturated heterocycles. The molecule has 1 heterocycles. The van der Waals surface area contributed by atoms with Crippen LogP contribution in [0.5, 0.6) is 11.5 Å². The van der Waals surface area contributed by atoms with E-state index in [1.54, 1.807) is 24.3 Å². The van der Waals surface area contributed by atoms with E-state index in [1.165, 1.54) is 24.3 Å². The predicted octanol–water partition coefficient (Wildman–Crippen LogP) is 4.71. The molecule has 166 valence electrons. The molecular formula is C23H26F2N2O4. The lowest BCUT2D eigenvalue weighted by Gasteiger charge is -2.38. The van der Waals surface area contributed by atoms with E-state index in [9.17, 15) is 18.4 Å². The zero-order chi connectivity index (χ0) is 22.4. The van der Waals surface area contributed by atoms with E-state index >= 15 is 0 Å². The number of alkyl halides is 2. The number of nitrogens with zero attached hydrogens (tertiary/aromatic N) is 1. The lowest BCUT2D eigenvalue weighted by atomic mass is 9.97. The van der Waals surface area contributed by atoms with Crippen molar-refractivity contribution in [2.24, 2.45) is 0 Å². The van der Waals surface area contributed by atoms with Gasteiger partial charge in [-0.15, -0.1) is 0 Å². The molecule has 1 aliphatic heterocycles. The summed E-state index contributed by atoms with van der Waals surface area (Å²) in [5.74, 6) is 0.106. The molecule has 2 aromatic carbocycles. The molecule has 2 atom stereocenters. The van der Waals surface area contributed by atoms with Crippen molar-refractivity contribution in [3.05, 3.63) is 54.1 Å². The van der Waals surface area contributed by atoms with Gasteiger partial charge in [-0.2, -0.15) is 8.78 Å². The SMILES string of the molecule is CC1CCCC(C)N1C(=O)COc1ccc(C(=O)Nc2ccc(OC(F)F)cc2)cc1. The van der Waals surface area contributed by atoms with Crippen LogP contribution in [0.4, 0.5) is 14.5 Å². The molecule has 8 heteroatoms. The number of likely N-dealkylation sites (tertiary alicyclic amines) is 1. The van der Waals surface area contributed by atoms with Crippen LogP contribution in [0.15, 0.2) is 48.5 Å². The second kappa shape index (κ2) is 10.2. The Morgan fingerprint density at radius 3 is 2.16 bits per heavy atom. The largest absolute Gasteiger partial charge is 0.484 e. The van der Waals surface area contributed by atoms with Gasteiger partial charge in [-0.05, 0) is 81.6 Å². The van der Waals surface area contributed by atoms with E-state index in [0.29, 0.717) is 17.0 Å². The van der Waals surface area contributed by atoms with Crippen LogP contribution >= 0.6 is 0 Å². The van der Waals surface area contributed by atoms with Crippen LogP contribution in [0, 0.1) is 0 Å². The summed E-state index contributed by atoms with van der Waals surface area (Å²) in [5, 5.41) is 2.68. The van der Waals surface area contributed by atoms with Gasteiger partial charge in [-0.25, -0.2) is 0 Å². The Labute approximate surface area is 180 Å². The molecule has 0 radical (unpaired) electrons. The van der Waals surface area contributed by atoms with Gasteiger partial charge < -0.3 is 19.7 Å². The Kier molecular flexibility index (Phi) is 7.44. The zero-order valence-electron chi connectivity index (χ0n) is 17.5. The molecule has 0 spiro atoms. The van der Waals surface area contributed by atoms with Crippen molar-refractivity contribution < 1.29 is 27.8 Å². The van der Waals surface area contributed by atoms with E-state index in [1.807, 2.05) is 4.90 Å². The summed E-state index contributed by atoms with van der Waals surface area (Å²) in [6, 6.07) is 12.5. The van der Waals surface area contributed by atoms with Crippen molar-refractivity contribution in [3.63, 3.8) is 0 Å². The number of hydrogen-bond donors (Lipinski definition) is 1. The number of amides is 2. The van der Waals surface area contributed by atoms with Gasteiger partial charge in [-0.3, -0.25) is 9.59 Å². The predicted molar refractivity (Wildman–Crippen MR) is 113 cm³/mol. The minimum absolute atomic E-state index is 0.0115. The van der Waals surface area contributed by atoms with E-state index in [2.05, 4.69) is 23.9 Å². The molecule has 3 rings (SSSR count). The molecule has 2 aromatic rings. The molecule has 1 aliphatic rings. The molecule has 1 fully saturated rings. The fourth-order valence-corrected chi connectivity index (χ4v) is 3.76. The van der Waals surface area contributed by atoms with E-state index < -0.39 is 6.61 Å². The Morgan fingerprint density at radius 2 is 1.58 bits per heavy atom.